The number of para-hydroxylation sites is 2. The van der Waals surface area contributed by atoms with Crippen LogP contribution in [0.25, 0.3) is 0 Å². The molecule has 1 amide bonds. The molecular weight excluding hydrogens is 318 g/mol. The van der Waals surface area contributed by atoms with E-state index >= 15 is 0 Å². The van der Waals surface area contributed by atoms with E-state index in [1.807, 2.05) is 31.2 Å². The molecule has 2 aromatic rings. The number of esters is 1. The van der Waals surface area contributed by atoms with Crippen LogP contribution in [0.2, 0.25) is 0 Å². The van der Waals surface area contributed by atoms with Gasteiger partial charge in [0.25, 0.3) is 5.91 Å². The van der Waals surface area contributed by atoms with E-state index in [2.05, 4.69) is 5.32 Å². The molecule has 2 rings (SSSR count). The van der Waals surface area contributed by atoms with Crippen LogP contribution in [0.15, 0.2) is 48.5 Å². The van der Waals surface area contributed by atoms with Crippen molar-refractivity contribution >= 4 is 17.6 Å². The predicted octanol–water partition coefficient (Wildman–Crippen LogP) is 3.83. The summed E-state index contributed by atoms with van der Waals surface area (Å²) in [6.07, 6.45) is 0.110. The molecule has 0 saturated heterocycles. The maximum atomic E-state index is 12.5. The summed E-state index contributed by atoms with van der Waals surface area (Å²) >= 11 is 0. The van der Waals surface area contributed by atoms with Gasteiger partial charge in [0.15, 0.2) is 6.10 Å². The Morgan fingerprint density at radius 1 is 1.04 bits per heavy atom. The molecule has 5 nitrogen and oxygen atoms in total. The number of anilines is 1. The van der Waals surface area contributed by atoms with E-state index < -0.39 is 12.1 Å². The maximum absolute atomic E-state index is 12.5. The zero-order valence-electron chi connectivity index (χ0n) is 14.7. The molecule has 0 aliphatic heterocycles. The molecule has 0 heterocycles. The Kier molecular flexibility index (Phi) is 6.57. The summed E-state index contributed by atoms with van der Waals surface area (Å²) in [6, 6.07) is 14.4. The third-order valence-electron chi connectivity index (χ3n) is 3.71. The SMILES string of the molecule is CCOC(=O)c1ccccc1NC(=O)[C@@H](C)Oc1ccccc1CC. The van der Waals surface area contributed by atoms with E-state index in [1.54, 1.807) is 38.1 Å². The molecule has 0 bridgehead atoms. The van der Waals surface area contributed by atoms with E-state index in [9.17, 15) is 9.59 Å². The molecule has 0 spiro atoms. The summed E-state index contributed by atoms with van der Waals surface area (Å²) in [5, 5.41) is 2.74. The number of ether oxygens (including phenoxy) is 2. The average Bonchev–Trinajstić information content (AvgIpc) is 2.62. The quantitative estimate of drug-likeness (QED) is 0.777. The van der Waals surface area contributed by atoms with Gasteiger partial charge in [0.1, 0.15) is 5.75 Å². The van der Waals surface area contributed by atoms with E-state index in [0.717, 1.165) is 12.0 Å². The number of carbonyl (C=O) groups excluding carboxylic acids is 2. The van der Waals surface area contributed by atoms with Crippen LogP contribution >= 0.6 is 0 Å². The summed E-state index contributed by atoms with van der Waals surface area (Å²) in [4.78, 5) is 24.4. The highest BCUT2D eigenvalue weighted by atomic mass is 16.5. The van der Waals surface area contributed by atoms with E-state index in [-0.39, 0.29) is 12.5 Å². The number of hydrogen-bond acceptors (Lipinski definition) is 4. The van der Waals surface area contributed by atoms with Crippen LogP contribution in [0.4, 0.5) is 5.69 Å². The monoisotopic (exact) mass is 341 g/mol. The van der Waals surface area contributed by atoms with Gasteiger partial charge in [-0.15, -0.1) is 0 Å². The summed E-state index contributed by atoms with van der Waals surface area (Å²) in [6.45, 7) is 5.71. The first-order valence-corrected chi connectivity index (χ1v) is 8.38. The van der Waals surface area contributed by atoms with Crippen molar-refractivity contribution in [1.82, 2.24) is 0 Å². The number of nitrogens with one attached hydrogen (secondary N) is 1. The third kappa shape index (κ3) is 4.83. The molecule has 0 radical (unpaired) electrons. The van der Waals surface area contributed by atoms with E-state index in [4.69, 9.17) is 9.47 Å². The number of aryl methyl sites for hydroxylation is 1. The Hall–Kier alpha value is -2.82. The fourth-order valence-corrected chi connectivity index (χ4v) is 2.37. The molecule has 0 unspecified atom stereocenters. The van der Waals surface area contributed by atoms with Crippen molar-refractivity contribution in [2.75, 3.05) is 11.9 Å². The van der Waals surface area contributed by atoms with Gasteiger partial charge < -0.3 is 14.8 Å². The van der Waals surface area contributed by atoms with Crippen LogP contribution < -0.4 is 10.1 Å². The van der Waals surface area contributed by atoms with Crippen LogP contribution in [0.3, 0.4) is 0 Å². The zero-order chi connectivity index (χ0) is 18.2. The van der Waals surface area contributed by atoms with Gasteiger partial charge in [-0.2, -0.15) is 0 Å². The minimum atomic E-state index is -0.706. The number of rotatable bonds is 7. The van der Waals surface area contributed by atoms with Gasteiger partial charge >= 0.3 is 5.97 Å². The van der Waals surface area contributed by atoms with Crippen LogP contribution in [0.5, 0.6) is 5.75 Å². The smallest absolute Gasteiger partial charge is 0.340 e. The van der Waals surface area contributed by atoms with Crippen molar-refractivity contribution in [3.63, 3.8) is 0 Å². The van der Waals surface area contributed by atoms with Gasteiger partial charge in [-0.3, -0.25) is 4.79 Å². The fourth-order valence-electron chi connectivity index (χ4n) is 2.37. The molecule has 1 N–H and O–H groups in total. The first-order valence-electron chi connectivity index (χ1n) is 8.38. The lowest BCUT2D eigenvalue weighted by Gasteiger charge is -2.17. The van der Waals surface area contributed by atoms with Crippen LogP contribution in [0, 0.1) is 0 Å². The first kappa shape index (κ1) is 18.5. The second-order valence-electron chi connectivity index (χ2n) is 5.48. The molecule has 132 valence electrons. The molecular formula is C20H23NO4. The lowest BCUT2D eigenvalue weighted by atomic mass is 10.1. The molecule has 2 aromatic carbocycles. The number of hydrogen-bond donors (Lipinski definition) is 1. The van der Waals surface area contributed by atoms with E-state index in [1.165, 1.54) is 0 Å². The summed E-state index contributed by atoms with van der Waals surface area (Å²) in [5.74, 6) is -0.114. The highest BCUT2D eigenvalue weighted by Crippen LogP contribution is 2.21. The lowest BCUT2D eigenvalue weighted by molar-refractivity contribution is -0.122. The van der Waals surface area contributed by atoms with Crippen LogP contribution in [-0.2, 0) is 16.0 Å². The van der Waals surface area contributed by atoms with Crippen LogP contribution in [-0.4, -0.2) is 24.6 Å². The summed E-state index contributed by atoms with van der Waals surface area (Å²) < 4.78 is 10.8. The molecule has 0 fully saturated rings. The largest absolute Gasteiger partial charge is 0.481 e. The van der Waals surface area contributed by atoms with Gasteiger partial charge in [-0.25, -0.2) is 4.79 Å². The number of carbonyl (C=O) groups is 2. The van der Waals surface area contributed by atoms with Gasteiger partial charge in [0.2, 0.25) is 0 Å². The van der Waals surface area contributed by atoms with Gasteiger partial charge in [0, 0.05) is 0 Å². The number of amides is 1. The molecule has 0 aromatic heterocycles. The first-order chi connectivity index (χ1) is 12.1. The Labute approximate surface area is 148 Å². The van der Waals surface area contributed by atoms with Crippen molar-refractivity contribution in [1.29, 1.82) is 0 Å². The predicted molar refractivity (Wildman–Crippen MR) is 96.9 cm³/mol. The normalized spacial score (nSPS) is 11.5. The molecule has 0 saturated carbocycles. The Balaban J connectivity index is 2.10. The van der Waals surface area contributed by atoms with Gasteiger partial charge in [-0.1, -0.05) is 37.3 Å². The Morgan fingerprint density at radius 2 is 1.72 bits per heavy atom. The second-order valence-corrected chi connectivity index (χ2v) is 5.48. The fraction of sp³-hybridized carbons (Fsp3) is 0.300. The molecule has 5 heteroatoms. The minimum absolute atomic E-state index is 0.272. The summed E-state index contributed by atoms with van der Waals surface area (Å²) in [7, 11) is 0. The van der Waals surface area contributed by atoms with Crippen molar-refractivity contribution in [3.8, 4) is 5.75 Å². The highest BCUT2D eigenvalue weighted by molar-refractivity contribution is 6.02. The van der Waals surface area contributed by atoms with Gasteiger partial charge in [-0.05, 0) is 44.0 Å². The van der Waals surface area contributed by atoms with Crippen LogP contribution in [0.1, 0.15) is 36.7 Å². The van der Waals surface area contributed by atoms with Crippen molar-refractivity contribution in [2.45, 2.75) is 33.3 Å². The highest BCUT2D eigenvalue weighted by Gasteiger charge is 2.19. The molecule has 1 atom stereocenters. The zero-order valence-corrected chi connectivity index (χ0v) is 14.7. The standard InChI is InChI=1S/C20H23NO4/c1-4-15-10-6-9-13-18(15)25-14(3)19(22)21-17-12-8-7-11-16(17)20(23)24-5-2/h6-14H,4-5H2,1-3H3,(H,21,22)/t14-/m1/s1. The number of benzene rings is 2. The van der Waals surface area contributed by atoms with E-state index in [0.29, 0.717) is 17.0 Å². The Morgan fingerprint density at radius 3 is 2.44 bits per heavy atom. The minimum Gasteiger partial charge on any atom is -0.481 e. The Bertz CT molecular complexity index is 742. The maximum Gasteiger partial charge on any atom is 0.340 e. The molecule has 0 aliphatic rings. The van der Waals surface area contributed by atoms with Crippen molar-refractivity contribution in [2.24, 2.45) is 0 Å². The summed E-state index contributed by atoms with van der Waals surface area (Å²) in [5.41, 5.74) is 1.76. The topological polar surface area (TPSA) is 64.6 Å². The molecule has 25 heavy (non-hydrogen) atoms. The van der Waals surface area contributed by atoms with Crippen molar-refractivity contribution < 1.29 is 19.1 Å². The average molecular weight is 341 g/mol. The second kappa shape index (κ2) is 8.87. The third-order valence-corrected chi connectivity index (χ3v) is 3.71. The molecule has 0 aliphatic carbocycles. The van der Waals surface area contributed by atoms with Crippen molar-refractivity contribution in [3.05, 3.63) is 59.7 Å². The van der Waals surface area contributed by atoms with Gasteiger partial charge in [0.05, 0.1) is 17.9 Å². The lowest BCUT2D eigenvalue weighted by Crippen LogP contribution is -2.31.